The van der Waals surface area contributed by atoms with E-state index in [0.29, 0.717) is 0 Å². The Bertz CT molecular complexity index is 874. The van der Waals surface area contributed by atoms with Crippen LogP contribution >= 0.6 is 0 Å². The molecule has 0 amide bonds. The largest absolute Gasteiger partial charge is 0.451 e. The lowest BCUT2D eigenvalue weighted by Gasteiger charge is -2.51. The van der Waals surface area contributed by atoms with Gasteiger partial charge in [-0.1, -0.05) is 17.7 Å². The second kappa shape index (κ2) is 6.31. The second-order valence-electron chi connectivity index (χ2n) is 7.70. The molecule has 3 aliphatic rings. The Labute approximate surface area is 166 Å². The molecule has 11 heteroatoms. The highest BCUT2D eigenvalue weighted by Crippen LogP contribution is 2.47. The summed E-state index contributed by atoms with van der Waals surface area (Å²) in [7, 11) is 0. The van der Waals surface area contributed by atoms with Gasteiger partial charge in [0.15, 0.2) is 23.7 Å². The Morgan fingerprint density at radius 1 is 1.24 bits per heavy atom. The van der Waals surface area contributed by atoms with Crippen LogP contribution in [0.2, 0.25) is 0 Å². The molecule has 5 atom stereocenters. The number of carbonyl (C=O) groups excluding carboxylic acids is 1. The molecule has 11 nitrogen and oxygen atoms in total. The molecule has 0 bridgehead atoms. The minimum atomic E-state index is -2.67. The van der Waals surface area contributed by atoms with E-state index in [1.807, 2.05) is 6.92 Å². The summed E-state index contributed by atoms with van der Waals surface area (Å²) in [6.07, 6.45) is -1.43. The summed E-state index contributed by atoms with van der Waals surface area (Å²) in [4.78, 5) is 14.0. The predicted octanol–water partition coefficient (Wildman–Crippen LogP) is -2.00. The van der Waals surface area contributed by atoms with Gasteiger partial charge >= 0.3 is 5.97 Å². The van der Waals surface area contributed by atoms with Gasteiger partial charge in [0.1, 0.15) is 0 Å². The monoisotopic (exact) mass is 404 g/mol. The number of benzene rings is 1. The van der Waals surface area contributed by atoms with Crippen molar-refractivity contribution >= 4 is 17.9 Å². The van der Waals surface area contributed by atoms with E-state index in [4.69, 9.17) is 15.6 Å². The Balaban J connectivity index is 1.73. The first-order valence-corrected chi connectivity index (χ1v) is 9.24. The molecule has 1 aromatic rings. The standard InChI is InChI=1S/C18H24N6O5/c1-8-3-5-10(6-4-8)14(26)29-13-9(2)24-16(20)21-11(7-25)12-17(24,18(13,27)28)23-15(19)22-12/h3-6,9,11-13,25,27-28H,7H2,1-2H3,(H2,20,21)(H3,19,22,23)/t9-,11-,12-,13?,17?/m0/s1. The van der Waals surface area contributed by atoms with Gasteiger partial charge in [-0.25, -0.2) is 4.79 Å². The Hall–Kier alpha value is -2.89. The van der Waals surface area contributed by atoms with E-state index in [-0.39, 0.29) is 17.5 Å². The second-order valence-corrected chi connectivity index (χ2v) is 7.70. The lowest BCUT2D eigenvalue weighted by Crippen LogP contribution is -2.81. The van der Waals surface area contributed by atoms with Gasteiger partial charge in [-0.2, -0.15) is 0 Å². The maximum atomic E-state index is 12.7. The number of aliphatic hydroxyl groups is 3. The summed E-state index contributed by atoms with van der Waals surface area (Å²) < 4.78 is 5.51. The molecule has 29 heavy (non-hydrogen) atoms. The van der Waals surface area contributed by atoms with E-state index >= 15 is 0 Å². The molecule has 2 unspecified atom stereocenters. The Kier molecular flexibility index (Phi) is 4.22. The van der Waals surface area contributed by atoms with Crippen molar-refractivity contribution in [2.24, 2.45) is 0 Å². The van der Waals surface area contributed by atoms with Crippen molar-refractivity contribution in [1.29, 1.82) is 10.8 Å². The number of rotatable bonds is 3. The lowest BCUT2D eigenvalue weighted by molar-refractivity contribution is -0.258. The summed E-state index contributed by atoms with van der Waals surface area (Å²) in [5, 5.41) is 56.7. The van der Waals surface area contributed by atoms with Crippen LogP contribution in [0.25, 0.3) is 0 Å². The number of hydrogen-bond donors (Lipinski definition) is 8. The maximum absolute atomic E-state index is 12.7. The van der Waals surface area contributed by atoms with E-state index < -0.39 is 48.3 Å². The number of nitrogens with one attached hydrogen (secondary N) is 5. The van der Waals surface area contributed by atoms with Gasteiger partial charge < -0.3 is 40.9 Å². The number of guanidine groups is 2. The van der Waals surface area contributed by atoms with Crippen LogP contribution in [0.1, 0.15) is 22.8 Å². The molecular weight excluding hydrogens is 380 g/mol. The van der Waals surface area contributed by atoms with Crippen LogP contribution < -0.4 is 16.0 Å². The van der Waals surface area contributed by atoms with Gasteiger partial charge in [0.2, 0.25) is 5.79 Å². The third-order valence-electron chi connectivity index (χ3n) is 5.93. The Morgan fingerprint density at radius 3 is 2.52 bits per heavy atom. The highest BCUT2D eigenvalue weighted by atomic mass is 16.6. The number of aliphatic hydroxyl groups excluding tert-OH is 1. The van der Waals surface area contributed by atoms with Crippen LogP contribution in [-0.2, 0) is 4.74 Å². The van der Waals surface area contributed by atoms with E-state index in [2.05, 4.69) is 16.0 Å². The van der Waals surface area contributed by atoms with Crippen LogP contribution in [0, 0.1) is 17.7 Å². The first kappa shape index (κ1) is 19.4. The predicted molar refractivity (Wildman–Crippen MR) is 101 cm³/mol. The number of ether oxygens (including phenoxy) is 1. The molecule has 8 N–H and O–H groups in total. The summed E-state index contributed by atoms with van der Waals surface area (Å²) >= 11 is 0. The van der Waals surface area contributed by atoms with Crippen molar-refractivity contribution in [3.05, 3.63) is 35.4 Å². The fraction of sp³-hybridized carbons (Fsp3) is 0.500. The molecule has 3 saturated heterocycles. The topological polar surface area (TPSA) is 174 Å². The maximum Gasteiger partial charge on any atom is 0.338 e. The molecule has 0 radical (unpaired) electrons. The van der Waals surface area contributed by atoms with E-state index in [1.165, 1.54) is 4.90 Å². The molecular formula is C18H24N6O5. The summed E-state index contributed by atoms with van der Waals surface area (Å²) in [6.45, 7) is 3.06. The van der Waals surface area contributed by atoms with Crippen molar-refractivity contribution in [3.63, 3.8) is 0 Å². The number of aryl methyl sites for hydroxylation is 1. The summed E-state index contributed by atoms with van der Waals surface area (Å²) in [5.74, 6) is -3.78. The average Bonchev–Trinajstić information content (AvgIpc) is 3.10. The molecule has 0 saturated carbocycles. The molecule has 3 fully saturated rings. The number of nitrogens with zero attached hydrogens (tertiary/aromatic N) is 1. The normalized spacial score (nSPS) is 34.6. The van der Waals surface area contributed by atoms with Crippen LogP contribution in [0.4, 0.5) is 0 Å². The number of hydrogen-bond acceptors (Lipinski definition) is 7. The van der Waals surface area contributed by atoms with Crippen molar-refractivity contribution in [3.8, 4) is 0 Å². The zero-order valence-corrected chi connectivity index (χ0v) is 15.9. The number of carbonyl (C=O) groups is 1. The van der Waals surface area contributed by atoms with Crippen LogP contribution in [0.5, 0.6) is 0 Å². The molecule has 0 aliphatic carbocycles. The van der Waals surface area contributed by atoms with Crippen molar-refractivity contribution in [2.45, 2.75) is 49.5 Å². The van der Waals surface area contributed by atoms with E-state index in [1.54, 1.807) is 31.2 Å². The fourth-order valence-electron chi connectivity index (χ4n) is 4.59. The van der Waals surface area contributed by atoms with Crippen LogP contribution in [0.3, 0.4) is 0 Å². The smallest absolute Gasteiger partial charge is 0.338 e. The van der Waals surface area contributed by atoms with Gasteiger partial charge in [-0.15, -0.1) is 0 Å². The highest BCUT2D eigenvalue weighted by molar-refractivity contribution is 5.90. The zero-order valence-electron chi connectivity index (χ0n) is 15.9. The van der Waals surface area contributed by atoms with E-state index in [0.717, 1.165) is 5.56 Å². The minimum Gasteiger partial charge on any atom is -0.451 e. The third-order valence-corrected chi connectivity index (χ3v) is 5.93. The first-order chi connectivity index (χ1) is 13.6. The molecule has 0 aromatic heterocycles. The van der Waals surface area contributed by atoms with Gasteiger partial charge in [-0.3, -0.25) is 10.8 Å². The summed E-state index contributed by atoms with van der Waals surface area (Å²) in [5.41, 5.74) is -0.566. The molecule has 1 aromatic carbocycles. The minimum absolute atomic E-state index is 0.182. The molecule has 4 rings (SSSR count). The third kappa shape index (κ3) is 2.51. The lowest BCUT2D eigenvalue weighted by atomic mass is 9.85. The molecule has 1 spiro atoms. The van der Waals surface area contributed by atoms with Crippen LogP contribution in [-0.4, -0.2) is 80.4 Å². The van der Waals surface area contributed by atoms with Crippen molar-refractivity contribution in [2.75, 3.05) is 6.61 Å². The molecule has 3 aliphatic heterocycles. The van der Waals surface area contributed by atoms with Crippen molar-refractivity contribution in [1.82, 2.24) is 20.9 Å². The van der Waals surface area contributed by atoms with Crippen molar-refractivity contribution < 1.29 is 24.9 Å². The highest BCUT2D eigenvalue weighted by Gasteiger charge is 2.77. The van der Waals surface area contributed by atoms with Gasteiger partial charge in [0, 0.05) is 0 Å². The number of esters is 1. The SMILES string of the molecule is Cc1ccc(C(=O)OC2[C@H](C)N3C(=N)N[C@@H](CO)[C@@H]4NC(=N)NC43C2(O)O)cc1. The summed E-state index contributed by atoms with van der Waals surface area (Å²) in [6, 6.07) is 4.18. The average molecular weight is 404 g/mol. The molecule has 3 heterocycles. The van der Waals surface area contributed by atoms with Gasteiger partial charge in [0.05, 0.1) is 30.3 Å². The van der Waals surface area contributed by atoms with E-state index in [9.17, 15) is 20.1 Å². The fourth-order valence-corrected chi connectivity index (χ4v) is 4.59. The Morgan fingerprint density at radius 2 is 1.90 bits per heavy atom. The molecule has 156 valence electrons. The van der Waals surface area contributed by atoms with Gasteiger partial charge in [-0.05, 0) is 26.0 Å². The zero-order chi connectivity index (χ0) is 21.1. The first-order valence-electron chi connectivity index (χ1n) is 9.24. The quantitative estimate of drug-likeness (QED) is 0.209. The van der Waals surface area contributed by atoms with Gasteiger partial charge in [0.25, 0.3) is 0 Å². The van der Waals surface area contributed by atoms with Crippen LogP contribution in [0.15, 0.2) is 24.3 Å².